The number of fused-ring (bicyclic) bond motifs is 1. The molecule has 0 atom stereocenters. The Morgan fingerprint density at radius 2 is 2.09 bits per heavy atom. The van der Waals surface area contributed by atoms with E-state index >= 15 is 0 Å². The second-order valence-electron chi connectivity index (χ2n) is 5.19. The van der Waals surface area contributed by atoms with E-state index < -0.39 is 0 Å². The number of anilines is 2. The van der Waals surface area contributed by atoms with Gasteiger partial charge in [0.2, 0.25) is 5.91 Å². The van der Waals surface area contributed by atoms with Crippen molar-refractivity contribution < 1.29 is 9.59 Å². The largest absolute Gasteiger partial charge is 0.323 e. The van der Waals surface area contributed by atoms with Crippen molar-refractivity contribution in [2.75, 3.05) is 16.8 Å². The predicted octanol–water partition coefficient (Wildman–Crippen LogP) is 3.20. The Balaban J connectivity index is 0.000000595. The highest BCUT2D eigenvalue weighted by atomic mass is 79.9. The lowest BCUT2D eigenvalue weighted by Gasteiger charge is -2.29. The van der Waals surface area contributed by atoms with E-state index in [1.165, 1.54) is 17.5 Å². The molecule has 0 unspecified atom stereocenters. The summed E-state index contributed by atoms with van der Waals surface area (Å²) < 4.78 is 2.31. The molecule has 0 bridgehead atoms. The molecular formula is C16H19BrN4O2. The summed E-state index contributed by atoms with van der Waals surface area (Å²) in [6, 6.07) is 5.40. The van der Waals surface area contributed by atoms with Crippen LogP contribution < -0.4 is 10.2 Å². The van der Waals surface area contributed by atoms with Gasteiger partial charge in [0.05, 0.1) is 23.1 Å². The van der Waals surface area contributed by atoms with E-state index in [1.807, 2.05) is 6.07 Å². The van der Waals surface area contributed by atoms with Gasteiger partial charge in [-0.25, -0.2) is 0 Å². The van der Waals surface area contributed by atoms with Gasteiger partial charge in [-0.05, 0) is 28.1 Å². The number of carbonyl (C=O) groups is 2. The van der Waals surface area contributed by atoms with Gasteiger partial charge in [0.25, 0.3) is 5.91 Å². The number of hydrogen-bond donors (Lipinski definition) is 1. The molecular weight excluding hydrogens is 360 g/mol. The lowest BCUT2D eigenvalue weighted by Crippen LogP contribution is -2.42. The van der Waals surface area contributed by atoms with Gasteiger partial charge < -0.3 is 5.32 Å². The molecule has 3 rings (SSSR count). The van der Waals surface area contributed by atoms with E-state index in [-0.39, 0.29) is 18.4 Å². The molecule has 1 aliphatic heterocycles. The first kappa shape index (κ1) is 17.2. The summed E-state index contributed by atoms with van der Waals surface area (Å²) in [4.78, 5) is 25.7. The molecule has 0 radical (unpaired) electrons. The first-order valence-electron chi connectivity index (χ1n) is 7.36. The van der Waals surface area contributed by atoms with E-state index in [4.69, 9.17) is 0 Å². The molecule has 1 N–H and O–H groups in total. The third kappa shape index (κ3) is 3.79. The van der Waals surface area contributed by atoms with Crippen LogP contribution in [-0.4, -0.2) is 28.1 Å². The normalized spacial score (nSPS) is 12.9. The predicted molar refractivity (Wildman–Crippen MR) is 93.6 cm³/mol. The number of halogens is 1. The van der Waals surface area contributed by atoms with Crippen LogP contribution in [0.25, 0.3) is 0 Å². The first-order chi connectivity index (χ1) is 11.0. The van der Waals surface area contributed by atoms with Gasteiger partial charge in [-0.3, -0.25) is 19.2 Å². The molecule has 0 fully saturated rings. The third-order valence-electron chi connectivity index (χ3n) is 3.03. The summed E-state index contributed by atoms with van der Waals surface area (Å²) in [5.74, 6) is -0.464. The highest BCUT2D eigenvalue weighted by Gasteiger charge is 2.29. The van der Waals surface area contributed by atoms with Crippen LogP contribution in [0.4, 0.5) is 11.4 Å². The standard InChI is InChI=1S/C13H11BrN4O2.C3H8/c1-17-6-8(5-15-17)13(20)18-7-11(19)16-10-4-2-3-9(14)12(10)18;1-3-2/h2-6H,7H2,1H3,(H,16,19);3H2,1-2H3. The number of nitrogens with one attached hydrogen (secondary N) is 1. The summed E-state index contributed by atoms with van der Waals surface area (Å²) in [5.41, 5.74) is 1.73. The van der Waals surface area contributed by atoms with Gasteiger partial charge >= 0.3 is 0 Å². The van der Waals surface area contributed by atoms with Crippen LogP contribution in [0.3, 0.4) is 0 Å². The summed E-state index contributed by atoms with van der Waals surface area (Å²) in [6.07, 6.45) is 4.37. The Morgan fingerprint density at radius 1 is 1.39 bits per heavy atom. The van der Waals surface area contributed by atoms with Crippen LogP contribution in [-0.2, 0) is 11.8 Å². The molecule has 122 valence electrons. The Kier molecular flexibility index (Phi) is 5.54. The van der Waals surface area contributed by atoms with E-state index in [1.54, 1.807) is 30.1 Å². The number of para-hydroxylation sites is 1. The van der Waals surface area contributed by atoms with E-state index in [0.29, 0.717) is 16.9 Å². The van der Waals surface area contributed by atoms with Crippen molar-refractivity contribution in [2.24, 2.45) is 7.05 Å². The zero-order valence-corrected chi connectivity index (χ0v) is 14.9. The number of hydrogen-bond acceptors (Lipinski definition) is 3. The zero-order chi connectivity index (χ0) is 17.0. The van der Waals surface area contributed by atoms with E-state index in [9.17, 15) is 9.59 Å². The van der Waals surface area contributed by atoms with Gasteiger partial charge in [0, 0.05) is 17.7 Å². The van der Waals surface area contributed by atoms with Crippen LogP contribution >= 0.6 is 15.9 Å². The maximum absolute atomic E-state index is 12.5. The molecule has 2 aromatic rings. The van der Waals surface area contributed by atoms with Crippen molar-refractivity contribution >= 4 is 39.1 Å². The molecule has 0 aliphatic carbocycles. The van der Waals surface area contributed by atoms with E-state index in [0.717, 1.165) is 4.47 Å². The number of amides is 2. The fraction of sp³-hybridized carbons (Fsp3) is 0.312. The molecule has 0 saturated carbocycles. The van der Waals surface area contributed by atoms with Crippen LogP contribution in [0.15, 0.2) is 35.1 Å². The highest BCUT2D eigenvalue weighted by Crippen LogP contribution is 2.37. The van der Waals surface area contributed by atoms with Gasteiger partial charge in [0.1, 0.15) is 6.54 Å². The number of aromatic nitrogens is 2. The van der Waals surface area contributed by atoms with Crippen molar-refractivity contribution in [2.45, 2.75) is 20.3 Å². The summed E-state index contributed by atoms with van der Waals surface area (Å²) in [7, 11) is 1.74. The lowest BCUT2D eigenvalue weighted by atomic mass is 10.1. The number of benzene rings is 1. The van der Waals surface area contributed by atoms with E-state index in [2.05, 4.69) is 40.2 Å². The molecule has 6 nitrogen and oxygen atoms in total. The average Bonchev–Trinajstić information content (AvgIpc) is 2.93. The molecule has 2 heterocycles. The zero-order valence-electron chi connectivity index (χ0n) is 13.3. The lowest BCUT2D eigenvalue weighted by molar-refractivity contribution is -0.115. The molecule has 1 aliphatic rings. The third-order valence-corrected chi connectivity index (χ3v) is 3.67. The highest BCUT2D eigenvalue weighted by molar-refractivity contribution is 9.10. The van der Waals surface area contributed by atoms with Crippen molar-refractivity contribution in [3.05, 3.63) is 40.6 Å². The molecule has 0 saturated heterocycles. The summed E-state index contributed by atoms with van der Waals surface area (Å²) in [5, 5.41) is 6.75. The fourth-order valence-electron chi connectivity index (χ4n) is 2.16. The summed E-state index contributed by atoms with van der Waals surface area (Å²) >= 11 is 3.42. The quantitative estimate of drug-likeness (QED) is 0.828. The summed E-state index contributed by atoms with van der Waals surface area (Å²) in [6.45, 7) is 4.24. The van der Waals surface area contributed by atoms with Gasteiger partial charge in [-0.2, -0.15) is 5.10 Å². The maximum Gasteiger partial charge on any atom is 0.262 e. The molecule has 23 heavy (non-hydrogen) atoms. The minimum Gasteiger partial charge on any atom is -0.323 e. The number of rotatable bonds is 1. The van der Waals surface area contributed by atoms with Gasteiger partial charge in [-0.1, -0.05) is 26.3 Å². The van der Waals surface area contributed by atoms with Crippen molar-refractivity contribution in [3.63, 3.8) is 0 Å². The Morgan fingerprint density at radius 3 is 2.70 bits per heavy atom. The minimum absolute atomic E-state index is 0.0106. The second-order valence-corrected chi connectivity index (χ2v) is 6.04. The fourth-order valence-corrected chi connectivity index (χ4v) is 2.74. The molecule has 0 spiro atoms. The Bertz CT molecular complexity index is 727. The van der Waals surface area contributed by atoms with Crippen LogP contribution in [0, 0.1) is 0 Å². The molecule has 7 heteroatoms. The SMILES string of the molecule is CCC.Cn1cc(C(=O)N2CC(=O)Nc3cccc(Br)c32)cn1. The minimum atomic E-state index is -0.249. The Hall–Kier alpha value is -2.15. The van der Waals surface area contributed by atoms with Crippen LogP contribution in [0.5, 0.6) is 0 Å². The number of aryl methyl sites for hydroxylation is 1. The topological polar surface area (TPSA) is 67.2 Å². The maximum atomic E-state index is 12.5. The first-order valence-corrected chi connectivity index (χ1v) is 8.16. The molecule has 2 amide bonds. The van der Waals surface area contributed by atoms with Crippen LogP contribution in [0.2, 0.25) is 0 Å². The number of nitrogens with zero attached hydrogens (tertiary/aromatic N) is 3. The van der Waals surface area contributed by atoms with Crippen molar-refractivity contribution in [1.29, 1.82) is 0 Å². The van der Waals surface area contributed by atoms with Crippen molar-refractivity contribution in [3.8, 4) is 0 Å². The van der Waals surface area contributed by atoms with Gasteiger partial charge in [0.15, 0.2) is 0 Å². The number of carbonyl (C=O) groups excluding carboxylic acids is 2. The van der Waals surface area contributed by atoms with Gasteiger partial charge in [-0.15, -0.1) is 0 Å². The molecule has 1 aromatic carbocycles. The van der Waals surface area contributed by atoms with Crippen molar-refractivity contribution in [1.82, 2.24) is 9.78 Å². The second kappa shape index (κ2) is 7.41. The Labute approximate surface area is 143 Å². The average molecular weight is 379 g/mol. The molecule has 1 aromatic heterocycles. The van der Waals surface area contributed by atoms with Crippen LogP contribution in [0.1, 0.15) is 30.6 Å². The smallest absolute Gasteiger partial charge is 0.262 e. The monoisotopic (exact) mass is 378 g/mol.